The second kappa shape index (κ2) is 6.86. The molecule has 32 heavy (non-hydrogen) atoms. The van der Waals surface area contributed by atoms with Gasteiger partial charge in [-0.2, -0.15) is 43.9 Å². The van der Waals surface area contributed by atoms with Crippen LogP contribution in [0.3, 0.4) is 0 Å². The average molecular weight is 487 g/mol. The lowest BCUT2D eigenvalue weighted by Crippen LogP contribution is -2.54. The highest BCUT2D eigenvalue weighted by Crippen LogP contribution is 2.62. The lowest BCUT2D eigenvalue weighted by atomic mass is 10.0. The molecule has 3 nitrogen and oxygen atoms in total. The predicted octanol–water partition coefficient (Wildman–Crippen LogP) is 6.75. The van der Waals surface area contributed by atoms with Crippen molar-refractivity contribution < 1.29 is 43.9 Å². The molecule has 1 aromatic carbocycles. The maximum Gasteiger partial charge on any atom is 0.444 e. The molecule has 0 bridgehead atoms. The Labute approximate surface area is 175 Å². The minimum atomic E-state index is -6.36. The zero-order chi connectivity index (χ0) is 23.7. The molecule has 0 unspecified atom stereocenters. The summed E-state index contributed by atoms with van der Waals surface area (Å²) in [7, 11) is 0. The molecule has 3 heterocycles. The van der Waals surface area contributed by atoms with Crippen molar-refractivity contribution in [2.24, 2.45) is 4.99 Å². The predicted molar refractivity (Wildman–Crippen MR) is 96.7 cm³/mol. The SMILES string of the molecule is F/C(=C1/N=C(n2c3ccccc3c3cnccc32)SC1(C(F)(F)F)C(F)(F)F)C(F)(F)F. The Morgan fingerprint density at radius 2 is 1.44 bits per heavy atom. The van der Waals surface area contributed by atoms with Gasteiger partial charge in [0, 0.05) is 23.2 Å². The molecule has 0 amide bonds. The summed E-state index contributed by atoms with van der Waals surface area (Å²) < 4.78 is 131. The Kier molecular flexibility index (Phi) is 4.81. The van der Waals surface area contributed by atoms with Gasteiger partial charge in [-0.05, 0) is 12.1 Å². The van der Waals surface area contributed by atoms with E-state index in [1.807, 2.05) is 0 Å². The number of para-hydroxylation sites is 1. The largest absolute Gasteiger partial charge is 0.444 e. The molecule has 0 atom stereocenters. The third kappa shape index (κ3) is 3.06. The molecular weight excluding hydrogens is 480 g/mol. The van der Waals surface area contributed by atoms with Crippen molar-refractivity contribution in [3.63, 3.8) is 0 Å². The molecule has 0 N–H and O–H groups in total. The Bertz CT molecular complexity index is 1210. The third-order valence-electron chi connectivity index (χ3n) is 4.71. The van der Waals surface area contributed by atoms with Crippen LogP contribution in [0, 0.1) is 0 Å². The van der Waals surface area contributed by atoms with Gasteiger partial charge in [0.2, 0.25) is 5.83 Å². The molecule has 170 valence electrons. The summed E-state index contributed by atoms with van der Waals surface area (Å²) in [5.41, 5.74) is -2.72. The van der Waals surface area contributed by atoms with Crippen LogP contribution in [0.4, 0.5) is 43.9 Å². The number of aromatic nitrogens is 2. The fourth-order valence-electron chi connectivity index (χ4n) is 3.38. The van der Waals surface area contributed by atoms with Crippen molar-refractivity contribution in [1.82, 2.24) is 9.55 Å². The molecule has 0 radical (unpaired) electrons. The number of allylic oxidation sites excluding steroid dienone is 1. The van der Waals surface area contributed by atoms with Crippen LogP contribution in [0.2, 0.25) is 0 Å². The number of halogens is 10. The minimum absolute atomic E-state index is 0.0272. The standard InChI is InChI=1S/C18H7F10N3S/c19-12(16(20,21)22)13-15(17(23,24)25,18(26,27)28)32-14(30-13)31-10-4-2-1-3-8(10)9-7-29-6-5-11(9)31/h1-7H/b13-12+. The average Bonchev–Trinajstić information content (AvgIpc) is 3.23. The lowest BCUT2D eigenvalue weighted by Gasteiger charge is -2.33. The Hall–Kier alpha value is -2.77. The maximum atomic E-state index is 14.0. The van der Waals surface area contributed by atoms with Crippen LogP contribution >= 0.6 is 11.8 Å². The second-order valence-electron chi connectivity index (χ2n) is 6.58. The van der Waals surface area contributed by atoms with Gasteiger partial charge >= 0.3 is 18.5 Å². The molecule has 3 aromatic rings. The number of fused-ring (bicyclic) bond motifs is 3. The van der Waals surface area contributed by atoms with E-state index in [1.165, 1.54) is 42.7 Å². The number of nitrogens with zero attached hydrogens (tertiary/aromatic N) is 3. The first kappa shape index (κ1) is 22.4. The number of aliphatic imine (C=N–C) groups is 1. The van der Waals surface area contributed by atoms with Gasteiger partial charge in [0.05, 0.1) is 11.0 Å². The molecular formula is C18H7F10N3S. The maximum absolute atomic E-state index is 14.0. The molecule has 1 aliphatic rings. The zero-order valence-corrected chi connectivity index (χ0v) is 15.9. The molecule has 0 fully saturated rings. The Morgan fingerprint density at radius 1 is 0.844 bits per heavy atom. The van der Waals surface area contributed by atoms with Crippen molar-refractivity contribution in [3.05, 3.63) is 54.2 Å². The van der Waals surface area contributed by atoms with Crippen molar-refractivity contribution >= 4 is 38.7 Å². The molecule has 0 saturated heterocycles. The van der Waals surface area contributed by atoms with E-state index in [1.54, 1.807) is 0 Å². The van der Waals surface area contributed by atoms with Gasteiger partial charge in [0.1, 0.15) is 5.70 Å². The van der Waals surface area contributed by atoms with E-state index in [0.29, 0.717) is 10.8 Å². The van der Waals surface area contributed by atoms with Gasteiger partial charge in [-0.1, -0.05) is 30.0 Å². The number of hydrogen-bond acceptors (Lipinski definition) is 3. The molecule has 2 aromatic heterocycles. The first-order chi connectivity index (χ1) is 14.7. The fourth-order valence-corrected chi connectivity index (χ4v) is 4.54. The molecule has 0 saturated carbocycles. The number of rotatable bonds is 0. The second-order valence-corrected chi connectivity index (χ2v) is 7.76. The van der Waals surface area contributed by atoms with Gasteiger partial charge in [-0.15, -0.1) is 0 Å². The normalized spacial score (nSPS) is 19.0. The lowest BCUT2D eigenvalue weighted by molar-refractivity contribution is -0.253. The smallest absolute Gasteiger partial charge is 0.288 e. The summed E-state index contributed by atoms with van der Waals surface area (Å²) in [6.45, 7) is 0. The van der Waals surface area contributed by atoms with Crippen LogP contribution in [0.15, 0.2) is 59.2 Å². The van der Waals surface area contributed by atoms with Crippen molar-refractivity contribution in [2.45, 2.75) is 23.3 Å². The van der Waals surface area contributed by atoms with Gasteiger partial charge in [0.25, 0.3) is 4.75 Å². The highest BCUT2D eigenvalue weighted by atomic mass is 32.2. The summed E-state index contributed by atoms with van der Waals surface area (Å²) in [5, 5.41) is -0.478. The van der Waals surface area contributed by atoms with Crippen LogP contribution < -0.4 is 0 Å². The van der Waals surface area contributed by atoms with Crippen molar-refractivity contribution in [1.29, 1.82) is 0 Å². The summed E-state index contributed by atoms with van der Waals surface area (Å²) in [6, 6.07) is 7.00. The van der Waals surface area contributed by atoms with Crippen molar-refractivity contribution in [3.8, 4) is 0 Å². The van der Waals surface area contributed by atoms with Crippen LogP contribution in [0.1, 0.15) is 0 Å². The fraction of sp³-hybridized carbons (Fsp3) is 0.222. The highest BCUT2D eigenvalue weighted by Gasteiger charge is 2.78. The van der Waals surface area contributed by atoms with E-state index in [4.69, 9.17) is 0 Å². The number of pyridine rings is 1. The quantitative estimate of drug-likeness (QED) is 0.329. The summed E-state index contributed by atoms with van der Waals surface area (Å²) >= 11 is -1.04. The Morgan fingerprint density at radius 3 is 2.03 bits per heavy atom. The van der Waals surface area contributed by atoms with Crippen LogP contribution in [-0.2, 0) is 0 Å². The zero-order valence-electron chi connectivity index (χ0n) is 15.1. The van der Waals surface area contributed by atoms with Crippen LogP contribution in [-0.4, -0.2) is 38.0 Å². The van der Waals surface area contributed by atoms with Gasteiger partial charge in [-0.3, -0.25) is 9.55 Å². The number of benzene rings is 1. The first-order valence-corrected chi connectivity index (χ1v) is 9.24. The van der Waals surface area contributed by atoms with E-state index >= 15 is 0 Å². The molecule has 0 spiro atoms. The van der Waals surface area contributed by atoms with Crippen molar-refractivity contribution in [2.75, 3.05) is 0 Å². The molecule has 4 rings (SSSR count). The third-order valence-corrected chi connectivity index (χ3v) is 6.12. The number of thioether (sulfide) groups is 1. The van der Waals surface area contributed by atoms with E-state index in [0.717, 1.165) is 4.57 Å². The Balaban J connectivity index is 2.11. The van der Waals surface area contributed by atoms with E-state index in [2.05, 4.69) is 9.98 Å². The van der Waals surface area contributed by atoms with Gasteiger partial charge in [0.15, 0.2) is 5.17 Å². The minimum Gasteiger partial charge on any atom is -0.288 e. The summed E-state index contributed by atoms with van der Waals surface area (Å²) in [4.78, 5) is 6.80. The molecule has 1 aliphatic heterocycles. The number of hydrogen-bond donors (Lipinski definition) is 0. The molecule has 0 aliphatic carbocycles. The van der Waals surface area contributed by atoms with E-state index in [9.17, 15) is 43.9 Å². The van der Waals surface area contributed by atoms with E-state index in [-0.39, 0.29) is 11.0 Å². The molecule has 14 heteroatoms. The summed E-state index contributed by atoms with van der Waals surface area (Å²) in [6.07, 6.45) is -16.4. The number of alkyl halides is 9. The van der Waals surface area contributed by atoms with Gasteiger partial charge < -0.3 is 0 Å². The first-order valence-electron chi connectivity index (χ1n) is 8.42. The van der Waals surface area contributed by atoms with Gasteiger partial charge in [-0.25, -0.2) is 4.99 Å². The highest BCUT2D eigenvalue weighted by molar-refractivity contribution is 8.15. The van der Waals surface area contributed by atoms with Crippen LogP contribution in [0.5, 0.6) is 0 Å². The van der Waals surface area contributed by atoms with Crippen LogP contribution in [0.25, 0.3) is 21.8 Å². The van der Waals surface area contributed by atoms with E-state index < -0.39 is 51.7 Å². The monoisotopic (exact) mass is 487 g/mol. The topological polar surface area (TPSA) is 30.2 Å². The summed E-state index contributed by atoms with van der Waals surface area (Å²) in [5.74, 6) is -3.57.